The molecule has 25 heavy (non-hydrogen) atoms. The Bertz CT molecular complexity index is 782. The van der Waals surface area contributed by atoms with Crippen LogP contribution in [0.15, 0.2) is 78.9 Å². The molecule has 1 atom stereocenters. The number of aliphatic hydroxyl groups excluding tert-OH is 1. The highest BCUT2D eigenvalue weighted by Crippen LogP contribution is 2.33. The lowest BCUT2D eigenvalue weighted by Crippen LogP contribution is -2.00. The van der Waals surface area contributed by atoms with Crippen LogP contribution in [0.5, 0.6) is 5.75 Å². The zero-order valence-electron chi connectivity index (χ0n) is 14.3. The van der Waals surface area contributed by atoms with Crippen molar-refractivity contribution >= 4 is 0 Å². The van der Waals surface area contributed by atoms with E-state index in [1.807, 2.05) is 42.5 Å². The predicted octanol–water partition coefficient (Wildman–Crippen LogP) is 5.51. The molecular weight excluding hydrogens is 308 g/mol. The van der Waals surface area contributed by atoms with Crippen molar-refractivity contribution in [2.24, 2.45) is 0 Å². The smallest absolute Gasteiger partial charge is 0.116 e. The Kier molecular flexibility index (Phi) is 5.86. The molecule has 0 aliphatic rings. The van der Waals surface area contributed by atoms with Gasteiger partial charge < -0.3 is 10.2 Å². The van der Waals surface area contributed by atoms with Crippen LogP contribution in [0.4, 0.5) is 0 Å². The van der Waals surface area contributed by atoms with Gasteiger partial charge in [0.15, 0.2) is 0 Å². The maximum Gasteiger partial charge on any atom is 0.116 e. The van der Waals surface area contributed by atoms with E-state index in [2.05, 4.69) is 24.3 Å². The lowest BCUT2D eigenvalue weighted by Gasteiger charge is -2.16. The summed E-state index contributed by atoms with van der Waals surface area (Å²) in [5.41, 5.74) is 4.13. The van der Waals surface area contributed by atoms with Gasteiger partial charge in [-0.15, -0.1) is 0 Å². The van der Waals surface area contributed by atoms with Gasteiger partial charge in [-0.05, 0) is 53.6 Å². The molecule has 0 aliphatic heterocycles. The summed E-state index contributed by atoms with van der Waals surface area (Å²) in [4.78, 5) is 0. The van der Waals surface area contributed by atoms with Crippen LogP contribution in [0.1, 0.15) is 36.5 Å². The highest BCUT2D eigenvalue weighted by Gasteiger charge is 2.14. The van der Waals surface area contributed by atoms with E-state index in [0.29, 0.717) is 0 Å². The Morgan fingerprint density at radius 3 is 2.16 bits per heavy atom. The first-order valence-corrected chi connectivity index (χ1v) is 8.84. The Morgan fingerprint density at radius 2 is 1.44 bits per heavy atom. The number of phenols is 1. The fourth-order valence-corrected chi connectivity index (χ4v) is 3.17. The van der Waals surface area contributed by atoms with Crippen molar-refractivity contribution in [3.05, 3.63) is 90.0 Å². The van der Waals surface area contributed by atoms with Crippen LogP contribution < -0.4 is 0 Å². The summed E-state index contributed by atoms with van der Waals surface area (Å²) in [6.07, 6.45) is 3.25. The fraction of sp³-hybridized carbons (Fsp3) is 0.217. The first kappa shape index (κ1) is 17.2. The largest absolute Gasteiger partial charge is 0.508 e. The van der Waals surface area contributed by atoms with Crippen molar-refractivity contribution in [2.75, 3.05) is 0 Å². The standard InChI is InChI=1S/C23H24O2/c24-20-15-16-21(22(17-20)19-12-5-2-6-13-19)23(25)14-8-7-11-18-9-3-1-4-10-18/h1-6,9-10,12-13,15-17,23-25H,7-8,11,14H2. The molecule has 0 heterocycles. The van der Waals surface area contributed by atoms with Gasteiger partial charge in [-0.1, -0.05) is 73.2 Å². The van der Waals surface area contributed by atoms with Crippen molar-refractivity contribution < 1.29 is 10.2 Å². The highest BCUT2D eigenvalue weighted by molar-refractivity contribution is 5.69. The summed E-state index contributed by atoms with van der Waals surface area (Å²) in [5, 5.41) is 20.5. The van der Waals surface area contributed by atoms with E-state index >= 15 is 0 Å². The van der Waals surface area contributed by atoms with Crippen molar-refractivity contribution in [1.82, 2.24) is 0 Å². The normalized spacial score (nSPS) is 12.0. The lowest BCUT2D eigenvalue weighted by atomic mass is 9.93. The van der Waals surface area contributed by atoms with E-state index in [4.69, 9.17) is 0 Å². The summed E-state index contributed by atoms with van der Waals surface area (Å²) in [6, 6.07) is 25.6. The van der Waals surface area contributed by atoms with Crippen molar-refractivity contribution in [2.45, 2.75) is 31.8 Å². The molecule has 2 heteroatoms. The van der Waals surface area contributed by atoms with Crippen LogP contribution in [0.3, 0.4) is 0 Å². The van der Waals surface area contributed by atoms with Crippen LogP contribution in [-0.4, -0.2) is 10.2 Å². The van der Waals surface area contributed by atoms with Gasteiger partial charge >= 0.3 is 0 Å². The number of aliphatic hydroxyl groups is 1. The average molecular weight is 332 g/mol. The monoisotopic (exact) mass is 332 g/mol. The molecule has 0 bridgehead atoms. The molecular formula is C23H24O2. The summed E-state index contributed by atoms with van der Waals surface area (Å²) >= 11 is 0. The maximum atomic E-state index is 10.7. The van der Waals surface area contributed by atoms with Crippen molar-refractivity contribution in [1.29, 1.82) is 0 Å². The third-order valence-electron chi connectivity index (χ3n) is 4.52. The minimum atomic E-state index is -0.522. The van der Waals surface area contributed by atoms with E-state index in [-0.39, 0.29) is 5.75 Å². The molecule has 2 nitrogen and oxygen atoms in total. The van der Waals surface area contributed by atoms with Crippen LogP contribution >= 0.6 is 0 Å². The van der Waals surface area contributed by atoms with Gasteiger partial charge in [-0.3, -0.25) is 0 Å². The Morgan fingerprint density at radius 1 is 0.760 bits per heavy atom. The maximum absolute atomic E-state index is 10.7. The lowest BCUT2D eigenvalue weighted by molar-refractivity contribution is 0.164. The number of phenolic OH excluding ortho intramolecular Hbond substituents is 1. The number of unbranched alkanes of at least 4 members (excludes halogenated alkanes) is 1. The molecule has 0 fully saturated rings. The Labute approximate surface area is 149 Å². The van der Waals surface area contributed by atoms with Crippen LogP contribution in [-0.2, 0) is 6.42 Å². The van der Waals surface area contributed by atoms with E-state index in [1.54, 1.807) is 12.1 Å². The summed E-state index contributed by atoms with van der Waals surface area (Å²) < 4.78 is 0. The molecule has 0 aliphatic carbocycles. The molecule has 0 aromatic heterocycles. The van der Waals surface area contributed by atoms with Gasteiger partial charge in [0.1, 0.15) is 5.75 Å². The zero-order valence-corrected chi connectivity index (χ0v) is 14.3. The van der Waals surface area contributed by atoms with E-state index in [1.165, 1.54) is 5.56 Å². The third kappa shape index (κ3) is 4.71. The summed E-state index contributed by atoms with van der Waals surface area (Å²) in [5.74, 6) is 0.221. The number of aromatic hydroxyl groups is 1. The number of hydrogen-bond acceptors (Lipinski definition) is 2. The summed E-state index contributed by atoms with van der Waals surface area (Å²) in [6.45, 7) is 0. The van der Waals surface area contributed by atoms with E-state index in [9.17, 15) is 10.2 Å². The van der Waals surface area contributed by atoms with Gasteiger partial charge in [0.05, 0.1) is 6.10 Å². The van der Waals surface area contributed by atoms with Crippen LogP contribution in [0.2, 0.25) is 0 Å². The summed E-state index contributed by atoms with van der Waals surface area (Å²) in [7, 11) is 0. The molecule has 128 valence electrons. The number of hydrogen-bond donors (Lipinski definition) is 2. The SMILES string of the molecule is Oc1ccc(C(O)CCCCc2ccccc2)c(-c2ccccc2)c1. The van der Waals surface area contributed by atoms with Gasteiger partial charge in [-0.2, -0.15) is 0 Å². The molecule has 3 aromatic rings. The fourth-order valence-electron chi connectivity index (χ4n) is 3.17. The minimum Gasteiger partial charge on any atom is -0.508 e. The van der Waals surface area contributed by atoms with Gasteiger partial charge in [0.2, 0.25) is 0 Å². The second kappa shape index (κ2) is 8.50. The second-order valence-corrected chi connectivity index (χ2v) is 6.38. The first-order chi connectivity index (χ1) is 12.2. The molecule has 2 N–H and O–H groups in total. The molecule has 3 rings (SSSR count). The third-order valence-corrected chi connectivity index (χ3v) is 4.52. The van der Waals surface area contributed by atoms with Crippen molar-refractivity contribution in [3.8, 4) is 16.9 Å². The van der Waals surface area contributed by atoms with Crippen molar-refractivity contribution in [3.63, 3.8) is 0 Å². The Balaban J connectivity index is 1.65. The molecule has 0 amide bonds. The van der Waals surface area contributed by atoms with Gasteiger partial charge in [0, 0.05) is 0 Å². The number of rotatable bonds is 7. The zero-order chi connectivity index (χ0) is 17.5. The van der Waals surface area contributed by atoms with E-state index < -0.39 is 6.10 Å². The molecule has 3 aromatic carbocycles. The van der Waals surface area contributed by atoms with E-state index in [0.717, 1.165) is 42.4 Å². The minimum absolute atomic E-state index is 0.221. The van der Waals surface area contributed by atoms with Gasteiger partial charge in [0.25, 0.3) is 0 Å². The second-order valence-electron chi connectivity index (χ2n) is 6.38. The highest BCUT2D eigenvalue weighted by atomic mass is 16.3. The van der Waals surface area contributed by atoms with Crippen LogP contribution in [0.25, 0.3) is 11.1 Å². The molecule has 0 saturated carbocycles. The molecule has 1 unspecified atom stereocenters. The quantitative estimate of drug-likeness (QED) is 0.560. The molecule has 0 radical (unpaired) electrons. The van der Waals surface area contributed by atoms with Gasteiger partial charge in [-0.25, -0.2) is 0 Å². The predicted molar refractivity (Wildman–Crippen MR) is 102 cm³/mol. The molecule has 0 saturated heterocycles. The Hall–Kier alpha value is -2.58. The first-order valence-electron chi connectivity index (χ1n) is 8.84. The van der Waals surface area contributed by atoms with Crippen LogP contribution in [0, 0.1) is 0 Å². The number of benzene rings is 3. The number of aryl methyl sites for hydroxylation is 1. The topological polar surface area (TPSA) is 40.5 Å². The average Bonchev–Trinajstić information content (AvgIpc) is 2.66. The molecule has 0 spiro atoms.